The maximum atomic E-state index is 5.72. The molecule has 2 N–H and O–H groups in total. The first-order valence-electron chi connectivity index (χ1n) is 4.37. The largest absolute Gasteiger partial charge is 0.360 e. The summed E-state index contributed by atoms with van der Waals surface area (Å²) < 4.78 is 0. The normalized spacial score (nSPS) is 12.4. The highest BCUT2D eigenvalue weighted by Gasteiger charge is 2.09. The smallest absolute Gasteiger partial charge is 0.196 e. The summed E-state index contributed by atoms with van der Waals surface area (Å²) in [4.78, 5) is 4.10. The Kier molecular flexibility index (Phi) is 2.77. The minimum atomic E-state index is -0.0579. The molecule has 78 valence electrons. The summed E-state index contributed by atoms with van der Waals surface area (Å²) in [6.45, 7) is 1.92. The van der Waals surface area contributed by atoms with E-state index in [4.69, 9.17) is 11.6 Å². The molecular formula is C8H9ClN6. The number of rotatable bonds is 3. The summed E-state index contributed by atoms with van der Waals surface area (Å²) in [7, 11) is 0. The summed E-state index contributed by atoms with van der Waals surface area (Å²) in [5, 5.41) is 17.3. The van der Waals surface area contributed by atoms with Crippen molar-refractivity contribution in [3.63, 3.8) is 0 Å². The summed E-state index contributed by atoms with van der Waals surface area (Å²) in [6, 6.07) is 3.50. The van der Waals surface area contributed by atoms with E-state index in [0.29, 0.717) is 10.8 Å². The molecule has 2 aromatic heterocycles. The van der Waals surface area contributed by atoms with Gasteiger partial charge in [-0.1, -0.05) is 16.8 Å². The number of hydrogen-bond donors (Lipinski definition) is 2. The molecule has 0 bridgehead atoms. The second-order valence-corrected chi connectivity index (χ2v) is 3.43. The van der Waals surface area contributed by atoms with E-state index in [-0.39, 0.29) is 6.04 Å². The zero-order valence-electron chi connectivity index (χ0n) is 7.98. The van der Waals surface area contributed by atoms with Crippen LogP contribution in [0.3, 0.4) is 0 Å². The SMILES string of the molecule is CC(Nc1ccc(Cl)cn1)c1nn[nH]n1. The minimum Gasteiger partial charge on any atom is -0.360 e. The Balaban J connectivity index is 2.06. The van der Waals surface area contributed by atoms with Crippen LogP contribution in [0.15, 0.2) is 18.3 Å². The minimum absolute atomic E-state index is 0.0579. The highest BCUT2D eigenvalue weighted by molar-refractivity contribution is 6.30. The molecular weight excluding hydrogens is 216 g/mol. The van der Waals surface area contributed by atoms with Crippen LogP contribution in [0.1, 0.15) is 18.8 Å². The Morgan fingerprint density at radius 3 is 2.93 bits per heavy atom. The van der Waals surface area contributed by atoms with Gasteiger partial charge < -0.3 is 5.32 Å². The number of tetrazole rings is 1. The first-order valence-corrected chi connectivity index (χ1v) is 4.75. The Bertz CT molecular complexity index is 411. The lowest BCUT2D eigenvalue weighted by atomic mass is 10.3. The van der Waals surface area contributed by atoms with Crippen LogP contribution < -0.4 is 5.32 Å². The maximum absolute atomic E-state index is 5.72. The average molecular weight is 225 g/mol. The number of anilines is 1. The van der Waals surface area contributed by atoms with Gasteiger partial charge in [0.1, 0.15) is 5.82 Å². The van der Waals surface area contributed by atoms with E-state index >= 15 is 0 Å². The highest BCUT2D eigenvalue weighted by atomic mass is 35.5. The van der Waals surface area contributed by atoms with Gasteiger partial charge in [0.05, 0.1) is 11.1 Å². The Morgan fingerprint density at radius 1 is 1.47 bits per heavy atom. The summed E-state index contributed by atoms with van der Waals surface area (Å²) in [5.41, 5.74) is 0. The van der Waals surface area contributed by atoms with Crippen molar-refractivity contribution in [2.75, 3.05) is 5.32 Å². The molecule has 2 rings (SSSR count). The molecule has 0 aromatic carbocycles. The van der Waals surface area contributed by atoms with Gasteiger partial charge in [-0.15, -0.1) is 10.2 Å². The van der Waals surface area contributed by atoms with E-state index < -0.39 is 0 Å². The molecule has 1 atom stereocenters. The molecule has 0 spiro atoms. The predicted molar refractivity (Wildman–Crippen MR) is 55.5 cm³/mol. The topological polar surface area (TPSA) is 79.4 Å². The van der Waals surface area contributed by atoms with Crippen molar-refractivity contribution in [1.29, 1.82) is 0 Å². The molecule has 0 saturated carbocycles. The molecule has 0 aliphatic carbocycles. The van der Waals surface area contributed by atoms with Crippen LogP contribution in [-0.4, -0.2) is 25.6 Å². The van der Waals surface area contributed by atoms with Crippen molar-refractivity contribution in [3.05, 3.63) is 29.2 Å². The van der Waals surface area contributed by atoms with Gasteiger partial charge in [-0.05, 0) is 19.1 Å². The number of hydrogen-bond acceptors (Lipinski definition) is 5. The average Bonchev–Trinajstić information content (AvgIpc) is 2.74. The van der Waals surface area contributed by atoms with Gasteiger partial charge in [0.2, 0.25) is 0 Å². The number of pyridine rings is 1. The standard InChI is InChI=1S/C8H9ClN6/c1-5(8-12-14-15-13-8)11-7-3-2-6(9)4-10-7/h2-5H,1H3,(H,10,11)(H,12,13,14,15). The molecule has 6 nitrogen and oxygen atoms in total. The molecule has 15 heavy (non-hydrogen) atoms. The molecule has 2 aromatic rings. The van der Waals surface area contributed by atoms with Crippen LogP contribution in [0.4, 0.5) is 5.82 Å². The van der Waals surface area contributed by atoms with Gasteiger partial charge >= 0.3 is 0 Å². The fraction of sp³-hybridized carbons (Fsp3) is 0.250. The van der Waals surface area contributed by atoms with E-state index in [2.05, 4.69) is 30.9 Å². The number of H-pyrrole nitrogens is 1. The van der Waals surface area contributed by atoms with Crippen molar-refractivity contribution in [3.8, 4) is 0 Å². The van der Waals surface area contributed by atoms with E-state index in [1.165, 1.54) is 0 Å². The lowest BCUT2D eigenvalue weighted by Crippen LogP contribution is -2.09. The van der Waals surface area contributed by atoms with Crippen LogP contribution in [-0.2, 0) is 0 Å². The third-order valence-corrected chi connectivity index (χ3v) is 2.06. The van der Waals surface area contributed by atoms with E-state index in [1.54, 1.807) is 18.3 Å². The van der Waals surface area contributed by atoms with Crippen LogP contribution in [0, 0.1) is 0 Å². The fourth-order valence-electron chi connectivity index (χ4n) is 1.10. The zero-order chi connectivity index (χ0) is 10.7. The lowest BCUT2D eigenvalue weighted by molar-refractivity contribution is 0.788. The molecule has 0 fully saturated rings. The van der Waals surface area contributed by atoms with E-state index in [1.807, 2.05) is 6.92 Å². The van der Waals surface area contributed by atoms with Gasteiger partial charge in [-0.3, -0.25) is 0 Å². The molecule has 0 aliphatic rings. The summed E-state index contributed by atoms with van der Waals surface area (Å²) in [5.74, 6) is 1.31. The molecule has 7 heteroatoms. The van der Waals surface area contributed by atoms with Crippen LogP contribution in [0.5, 0.6) is 0 Å². The summed E-state index contributed by atoms with van der Waals surface area (Å²) in [6.07, 6.45) is 1.58. The van der Waals surface area contributed by atoms with Crippen molar-refractivity contribution < 1.29 is 0 Å². The second kappa shape index (κ2) is 4.22. The molecule has 2 heterocycles. The number of nitrogens with zero attached hydrogens (tertiary/aromatic N) is 4. The number of aromatic amines is 1. The van der Waals surface area contributed by atoms with Gasteiger partial charge in [0.25, 0.3) is 0 Å². The van der Waals surface area contributed by atoms with Crippen molar-refractivity contribution >= 4 is 17.4 Å². The molecule has 0 saturated heterocycles. The van der Waals surface area contributed by atoms with Gasteiger partial charge in [-0.2, -0.15) is 5.21 Å². The Labute approximate surface area is 91.1 Å². The fourth-order valence-corrected chi connectivity index (χ4v) is 1.21. The second-order valence-electron chi connectivity index (χ2n) is 3.00. The molecule has 0 aliphatic heterocycles. The van der Waals surface area contributed by atoms with Crippen molar-refractivity contribution in [2.24, 2.45) is 0 Å². The van der Waals surface area contributed by atoms with Gasteiger partial charge in [0.15, 0.2) is 5.82 Å². The lowest BCUT2D eigenvalue weighted by Gasteiger charge is -2.09. The van der Waals surface area contributed by atoms with Gasteiger partial charge in [-0.25, -0.2) is 4.98 Å². The number of aromatic nitrogens is 5. The number of halogens is 1. The van der Waals surface area contributed by atoms with E-state index in [9.17, 15) is 0 Å². The first-order chi connectivity index (χ1) is 7.25. The quantitative estimate of drug-likeness (QED) is 0.824. The molecule has 1 unspecified atom stereocenters. The first kappa shape index (κ1) is 9.85. The van der Waals surface area contributed by atoms with Crippen molar-refractivity contribution in [1.82, 2.24) is 25.6 Å². The molecule has 0 radical (unpaired) electrons. The third kappa shape index (κ3) is 2.41. The van der Waals surface area contributed by atoms with Crippen molar-refractivity contribution in [2.45, 2.75) is 13.0 Å². The summed E-state index contributed by atoms with van der Waals surface area (Å²) >= 11 is 5.72. The predicted octanol–water partition coefficient (Wildman–Crippen LogP) is 1.42. The monoisotopic (exact) mass is 224 g/mol. The highest BCUT2D eigenvalue weighted by Crippen LogP contribution is 2.15. The van der Waals surface area contributed by atoms with Crippen LogP contribution in [0.25, 0.3) is 0 Å². The molecule has 0 amide bonds. The van der Waals surface area contributed by atoms with Gasteiger partial charge in [0, 0.05) is 6.20 Å². The number of nitrogens with one attached hydrogen (secondary N) is 2. The van der Waals surface area contributed by atoms with Crippen LogP contribution >= 0.6 is 11.6 Å². The van der Waals surface area contributed by atoms with Crippen LogP contribution in [0.2, 0.25) is 5.02 Å². The maximum Gasteiger partial charge on any atom is 0.196 e. The Morgan fingerprint density at radius 2 is 2.33 bits per heavy atom. The van der Waals surface area contributed by atoms with E-state index in [0.717, 1.165) is 5.82 Å². The third-order valence-electron chi connectivity index (χ3n) is 1.84. The zero-order valence-corrected chi connectivity index (χ0v) is 8.73. The Hall–Kier alpha value is -1.69.